The number of piperidine rings is 1. The molecule has 3 heteroatoms. The Kier molecular flexibility index (Phi) is 4.14. The highest BCUT2D eigenvalue weighted by atomic mass is 15.2. The summed E-state index contributed by atoms with van der Waals surface area (Å²) in [5, 5.41) is 0. The number of hydrogen-bond acceptors (Lipinski definition) is 3. The van der Waals surface area contributed by atoms with E-state index in [1.165, 1.54) is 18.4 Å². The molecule has 0 spiro atoms. The van der Waals surface area contributed by atoms with E-state index in [9.17, 15) is 0 Å². The van der Waals surface area contributed by atoms with Gasteiger partial charge in [-0.05, 0) is 37.2 Å². The van der Waals surface area contributed by atoms with Gasteiger partial charge in [0.2, 0.25) is 0 Å². The predicted molar refractivity (Wildman–Crippen MR) is 81.3 cm³/mol. The zero-order valence-corrected chi connectivity index (χ0v) is 12.7. The van der Waals surface area contributed by atoms with Gasteiger partial charge in [0.05, 0.1) is 0 Å². The fourth-order valence-electron chi connectivity index (χ4n) is 2.96. The van der Waals surface area contributed by atoms with E-state index in [0.717, 1.165) is 30.5 Å². The summed E-state index contributed by atoms with van der Waals surface area (Å²) in [6, 6.07) is 4.17. The Labute approximate surface area is 117 Å². The first-order chi connectivity index (χ1) is 8.91. The standard InChI is InChI=1S/C16H27N3/c1-12-5-6-13(11-17)15(18-12)19-9-7-14(8-10-19)16(2,3)4/h5-6,14H,7-11,17H2,1-4H3. The van der Waals surface area contributed by atoms with Gasteiger partial charge < -0.3 is 10.6 Å². The van der Waals surface area contributed by atoms with Crippen LogP contribution < -0.4 is 10.6 Å². The van der Waals surface area contributed by atoms with E-state index in [0.29, 0.717) is 12.0 Å². The van der Waals surface area contributed by atoms with Crippen LogP contribution in [0.1, 0.15) is 44.9 Å². The van der Waals surface area contributed by atoms with Crippen molar-refractivity contribution in [1.29, 1.82) is 0 Å². The molecule has 19 heavy (non-hydrogen) atoms. The van der Waals surface area contributed by atoms with Gasteiger partial charge in [-0.3, -0.25) is 0 Å². The van der Waals surface area contributed by atoms with Gasteiger partial charge in [-0.1, -0.05) is 26.8 Å². The Hall–Kier alpha value is -1.09. The van der Waals surface area contributed by atoms with E-state index in [2.05, 4.69) is 31.7 Å². The fraction of sp³-hybridized carbons (Fsp3) is 0.688. The molecule has 0 aliphatic carbocycles. The first kappa shape index (κ1) is 14.3. The quantitative estimate of drug-likeness (QED) is 0.889. The molecule has 2 N–H and O–H groups in total. The Bertz CT molecular complexity index is 426. The van der Waals surface area contributed by atoms with Crippen molar-refractivity contribution in [3.63, 3.8) is 0 Å². The van der Waals surface area contributed by atoms with Gasteiger partial charge in [0.1, 0.15) is 5.82 Å². The van der Waals surface area contributed by atoms with Gasteiger partial charge in [-0.2, -0.15) is 0 Å². The summed E-state index contributed by atoms with van der Waals surface area (Å²) in [6.45, 7) is 11.9. The van der Waals surface area contributed by atoms with E-state index in [1.807, 2.05) is 13.0 Å². The number of aryl methyl sites for hydroxylation is 1. The number of nitrogens with two attached hydrogens (primary N) is 1. The van der Waals surface area contributed by atoms with Crippen LogP contribution in [-0.2, 0) is 6.54 Å². The van der Waals surface area contributed by atoms with Gasteiger partial charge in [-0.15, -0.1) is 0 Å². The Morgan fingerprint density at radius 2 is 1.89 bits per heavy atom. The summed E-state index contributed by atoms with van der Waals surface area (Å²) in [4.78, 5) is 7.11. The highest BCUT2D eigenvalue weighted by Gasteiger charge is 2.29. The lowest BCUT2D eigenvalue weighted by atomic mass is 9.75. The number of anilines is 1. The smallest absolute Gasteiger partial charge is 0.133 e. The van der Waals surface area contributed by atoms with Crippen molar-refractivity contribution in [2.24, 2.45) is 17.1 Å². The lowest BCUT2D eigenvalue weighted by Gasteiger charge is -2.39. The van der Waals surface area contributed by atoms with Crippen LogP contribution in [0.25, 0.3) is 0 Å². The maximum Gasteiger partial charge on any atom is 0.133 e. The van der Waals surface area contributed by atoms with Gasteiger partial charge in [0.15, 0.2) is 0 Å². The zero-order chi connectivity index (χ0) is 14.0. The lowest BCUT2D eigenvalue weighted by Crippen LogP contribution is -2.39. The zero-order valence-electron chi connectivity index (χ0n) is 12.7. The third-order valence-electron chi connectivity index (χ3n) is 4.33. The van der Waals surface area contributed by atoms with E-state index in [-0.39, 0.29) is 0 Å². The Morgan fingerprint density at radius 3 is 2.42 bits per heavy atom. The molecule has 0 saturated carbocycles. The molecule has 2 heterocycles. The van der Waals surface area contributed by atoms with Gasteiger partial charge in [0, 0.05) is 30.9 Å². The van der Waals surface area contributed by atoms with E-state index in [1.54, 1.807) is 0 Å². The molecule has 1 fully saturated rings. The van der Waals surface area contributed by atoms with Crippen molar-refractivity contribution in [3.05, 3.63) is 23.4 Å². The minimum Gasteiger partial charge on any atom is -0.356 e. The van der Waals surface area contributed by atoms with Gasteiger partial charge in [-0.25, -0.2) is 4.98 Å². The van der Waals surface area contributed by atoms with E-state index in [4.69, 9.17) is 10.7 Å². The van der Waals surface area contributed by atoms with Crippen LogP contribution in [0.2, 0.25) is 0 Å². The summed E-state index contributed by atoms with van der Waals surface area (Å²) in [5.74, 6) is 1.92. The van der Waals surface area contributed by atoms with Crippen molar-refractivity contribution in [2.75, 3.05) is 18.0 Å². The SMILES string of the molecule is Cc1ccc(CN)c(N2CCC(C(C)(C)C)CC2)n1. The van der Waals surface area contributed by atoms with Crippen LogP contribution in [-0.4, -0.2) is 18.1 Å². The molecule has 1 aliphatic rings. The minimum absolute atomic E-state index is 0.419. The molecule has 1 saturated heterocycles. The fourth-order valence-corrected chi connectivity index (χ4v) is 2.96. The molecule has 1 aromatic heterocycles. The predicted octanol–water partition coefficient (Wildman–Crippen LogP) is 3.11. The summed E-state index contributed by atoms with van der Waals surface area (Å²) >= 11 is 0. The van der Waals surface area contributed by atoms with Crippen LogP contribution in [0.3, 0.4) is 0 Å². The number of rotatable bonds is 2. The largest absolute Gasteiger partial charge is 0.356 e. The molecule has 1 aliphatic heterocycles. The van der Waals surface area contributed by atoms with Crippen molar-refractivity contribution in [2.45, 2.75) is 47.1 Å². The van der Waals surface area contributed by atoms with Crippen LogP contribution in [0.15, 0.2) is 12.1 Å². The molecule has 0 amide bonds. The maximum absolute atomic E-state index is 5.84. The van der Waals surface area contributed by atoms with Crippen LogP contribution in [0.4, 0.5) is 5.82 Å². The van der Waals surface area contributed by atoms with Crippen LogP contribution >= 0.6 is 0 Å². The van der Waals surface area contributed by atoms with Gasteiger partial charge in [0.25, 0.3) is 0 Å². The maximum atomic E-state index is 5.84. The molecule has 0 unspecified atom stereocenters. The summed E-state index contributed by atoms with van der Waals surface area (Å²) < 4.78 is 0. The highest BCUT2D eigenvalue weighted by molar-refractivity contribution is 5.48. The number of hydrogen-bond donors (Lipinski definition) is 1. The van der Waals surface area contributed by atoms with Crippen LogP contribution in [0, 0.1) is 18.3 Å². The number of pyridine rings is 1. The van der Waals surface area contributed by atoms with Crippen molar-refractivity contribution in [1.82, 2.24) is 4.98 Å². The average Bonchev–Trinajstić information content (AvgIpc) is 2.38. The average molecular weight is 261 g/mol. The van der Waals surface area contributed by atoms with E-state index >= 15 is 0 Å². The normalized spacial score (nSPS) is 17.8. The molecule has 2 rings (SSSR count). The van der Waals surface area contributed by atoms with Crippen molar-refractivity contribution in [3.8, 4) is 0 Å². The van der Waals surface area contributed by atoms with Crippen molar-refractivity contribution < 1.29 is 0 Å². The molecule has 0 bridgehead atoms. The Balaban J connectivity index is 2.11. The summed E-state index contributed by atoms with van der Waals surface area (Å²) in [5.41, 5.74) is 8.50. The van der Waals surface area contributed by atoms with E-state index < -0.39 is 0 Å². The summed E-state index contributed by atoms with van der Waals surface area (Å²) in [7, 11) is 0. The monoisotopic (exact) mass is 261 g/mol. The molecule has 3 nitrogen and oxygen atoms in total. The Morgan fingerprint density at radius 1 is 1.26 bits per heavy atom. The number of nitrogens with zero attached hydrogens (tertiary/aromatic N) is 2. The third kappa shape index (κ3) is 3.27. The first-order valence-electron chi connectivity index (χ1n) is 7.33. The minimum atomic E-state index is 0.419. The molecule has 106 valence electrons. The molecular weight excluding hydrogens is 234 g/mol. The lowest BCUT2D eigenvalue weighted by molar-refractivity contribution is 0.198. The molecule has 0 atom stereocenters. The second-order valence-corrected chi connectivity index (χ2v) is 6.77. The third-order valence-corrected chi connectivity index (χ3v) is 4.33. The van der Waals surface area contributed by atoms with Gasteiger partial charge >= 0.3 is 0 Å². The topological polar surface area (TPSA) is 42.1 Å². The molecular formula is C16H27N3. The number of aromatic nitrogens is 1. The second-order valence-electron chi connectivity index (χ2n) is 6.77. The molecule has 1 aromatic rings. The highest BCUT2D eigenvalue weighted by Crippen LogP contribution is 2.35. The molecule has 0 aromatic carbocycles. The van der Waals surface area contributed by atoms with Crippen LogP contribution in [0.5, 0.6) is 0 Å². The second kappa shape index (κ2) is 5.49. The summed E-state index contributed by atoms with van der Waals surface area (Å²) in [6.07, 6.45) is 2.51. The molecule has 0 radical (unpaired) electrons. The first-order valence-corrected chi connectivity index (χ1v) is 7.33. The van der Waals surface area contributed by atoms with Crippen molar-refractivity contribution >= 4 is 5.82 Å².